The third-order valence-electron chi connectivity index (χ3n) is 1.93. The zero-order valence-corrected chi connectivity index (χ0v) is 7.87. The third kappa shape index (κ3) is 0.994. The Hall–Kier alpha value is -1.02. The fraction of sp³-hybridized carbons (Fsp3) is 0.200. The predicted molar refractivity (Wildman–Crippen MR) is 52.0 cm³/mol. The SMILES string of the molecule is COc1cccc2c(C)s[c]c12. The van der Waals surface area contributed by atoms with Crippen molar-refractivity contribution in [1.29, 1.82) is 0 Å². The van der Waals surface area contributed by atoms with Gasteiger partial charge in [-0.05, 0) is 18.4 Å². The lowest BCUT2D eigenvalue weighted by molar-refractivity contribution is 0.420. The molecule has 0 saturated carbocycles. The van der Waals surface area contributed by atoms with Gasteiger partial charge < -0.3 is 4.74 Å². The Morgan fingerprint density at radius 2 is 2.25 bits per heavy atom. The van der Waals surface area contributed by atoms with E-state index in [4.69, 9.17) is 4.74 Å². The first kappa shape index (κ1) is 7.62. The monoisotopic (exact) mass is 177 g/mol. The number of benzene rings is 1. The zero-order valence-electron chi connectivity index (χ0n) is 7.05. The maximum absolute atomic E-state index is 5.22. The van der Waals surface area contributed by atoms with Crippen LogP contribution in [0.5, 0.6) is 5.75 Å². The van der Waals surface area contributed by atoms with Gasteiger partial charge in [0, 0.05) is 10.3 Å². The summed E-state index contributed by atoms with van der Waals surface area (Å²) >= 11 is 1.64. The fourth-order valence-corrected chi connectivity index (χ4v) is 2.03. The molecule has 2 rings (SSSR count). The summed E-state index contributed by atoms with van der Waals surface area (Å²) in [5.41, 5.74) is 0. The van der Waals surface area contributed by atoms with Gasteiger partial charge in [-0.25, -0.2) is 0 Å². The lowest BCUT2D eigenvalue weighted by Gasteiger charge is -1.99. The van der Waals surface area contributed by atoms with Gasteiger partial charge >= 0.3 is 0 Å². The van der Waals surface area contributed by atoms with Gasteiger partial charge in [0.15, 0.2) is 0 Å². The molecule has 61 valence electrons. The molecule has 0 fully saturated rings. The van der Waals surface area contributed by atoms with Gasteiger partial charge in [0.05, 0.1) is 12.5 Å². The van der Waals surface area contributed by atoms with Crippen molar-refractivity contribution in [2.45, 2.75) is 6.92 Å². The summed E-state index contributed by atoms with van der Waals surface area (Å²) in [7, 11) is 1.69. The number of methoxy groups -OCH3 is 1. The van der Waals surface area contributed by atoms with Gasteiger partial charge in [-0.2, -0.15) is 0 Å². The van der Waals surface area contributed by atoms with Crippen molar-refractivity contribution in [3.63, 3.8) is 0 Å². The van der Waals surface area contributed by atoms with Crippen LogP contribution in [-0.4, -0.2) is 7.11 Å². The quantitative estimate of drug-likeness (QED) is 0.650. The molecule has 0 saturated heterocycles. The largest absolute Gasteiger partial charge is 0.496 e. The van der Waals surface area contributed by atoms with Crippen molar-refractivity contribution in [3.8, 4) is 5.75 Å². The highest BCUT2D eigenvalue weighted by Crippen LogP contribution is 2.31. The van der Waals surface area contributed by atoms with E-state index in [1.165, 1.54) is 10.3 Å². The molecule has 1 aromatic heterocycles. The van der Waals surface area contributed by atoms with E-state index in [1.807, 2.05) is 12.1 Å². The second-order valence-electron chi connectivity index (χ2n) is 2.64. The third-order valence-corrected chi connectivity index (χ3v) is 2.76. The van der Waals surface area contributed by atoms with Crippen molar-refractivity contribution < 1.29 is 4.74 Å². The Kier molecular flexibility index (Phi) is 1.77. The minimum atomic E-state index is 0.914. The topological polar surface area (TPSA) is 9.23 Å². The minimum Gasteiger partial charge on any atom is -0.496 e. The second kappa shape index (κ2) is 2.79. The first-order valence-corrected chi connectivity index (χ1v) is 4.58. The molecule has 0 spiro atoms. The van der Waals surface area contributed by atoms with Crippen LogP contribution in [0.2, 0.25) is 0 Å². The second-order valence-corrected chi connectivity index (χ2v) is 3.66. The van der Waals surface area contributed by atoms with Gasteiger partial charge in [-0.1, -0.05) is 12.1 Å². The van der Waals surface area contributed by atoms with E-state index in [0.29, 0.717) is 0 Å². The highest BCUT2D eigenvalue weighted by molar-refractivity contribution is 7.11. The summed E-state index contributed by atoms with van der Waals surface area (Å²) in [4.78, 5) is 1.30. The standard InChI is InChI=1S/C10H9OS/c1-7-8-4-3-5-10(11-2)9(8)6-12-7/h3-5H,1-2H3. The van der Waals surface area contributed by atoms with E-state index < -0.39 is 0 Å². The summed E-state index contributed by atoms with van der Waals surface area (Å²) in [6.07, 6.45) is 0. The van der Waals surface area contributed by atoms with E-state index in [-0.39, 0.29) is 0 Å². The molecule has 2 heteroatoms. The molecule has 0 aliphatic heterocycles. The number of ether oxygens (including phenoxy) is 1. The Bertz CT molecular complexity index is 403. The smallest absolute Gasteiger partial charge is 0.128 e. The molecule has 12 heavy (non-hydrogen) atoms. The van der Waals surface area contributed by atoms with Crippen LogP contribution in [0.4, 0.5) is 0 Å². The molecule has 0 unspecified atom stereocenters. The number of aryl methyl sites for hydroxylation is 1. The average Bonchev–Trinajstić information content (AvgIpc) is 2.48. The number of rotatable bonds is 1. The highest BCUT2D eigenvalue weighted by atomic mass is 32.1. The van der Waals surface area contributed by atoms with E-state index in [1.54, 1.807) is 18.4 Å². The maximum Gasteiger partial charge on any atom is 0.128 e. The van der Waals surface area contributed by atoms with Crippen LogP contribution >= 0.6 is 11.3 Å². The first-order chi connectivity index (χ1) is 5.83. The van der Waals surface area contributed by atoms with Gasteiger partial charge in [0.25, 0.3) is 0 Å². The maximum atomic E-state index is 5.22. The van der Waals surface area contributed by atoms with Crippen LogP contribution < -0.4 is 4.74 Å². The Labute approximate surface area is 75.6 Å². The van der Waals surface area contributed by atoms with E-state index in [0.717, 1.165) is 11.1 Å². The fourth-order valence-electron chi connectivity index (χ4n) is 1.28. The number of thiophene rings is 1. The molecule has 2 aromatic rings. The van der Waals surface area contributed by atoms with Gasteiger partial charge in [-0.3, -0.25) is 0 Å². The normalized spacial score (nSPS) is 10.5. The Morgan fingerprint density at radius 1 is 1.42 bits per heavy atom. The molecule has 1 aromatic carbocycles. The van der Waals surface area contributed by atoms with Crippen molar-refractivity contribution >= 4 is 22.1 Å². The van der Waals surface area contributed by atoms with E-state index in [2.05, 4.69) is 18.4 Å². The molecule has 0 aliphatic carbocycles. The molecular formula is C10H9OS. The predicted octanol–water partition coefficient (Wildman–Crippen LogP) is 3.02. The average molecular weight is 177 g/mol. The summed E-state index contributed by atoms with van der Waals surface area (Å²) in [6.45, 7) is 2.10. The Morgan fingerprint density at radius 3 is 3.00 bits per heavy atom. The van der Waals surface area contributed by atoms with Crippen molar-refractivity contribution in [1.82, 2.24) is 0 Å². The number of hydrogen-bond donors (Lipinski definition) is 0. The van der Waals surface area contributed by atoms with Crippen LogP contribution in [0.1, 0.15) is 4.88 Å². The van der Waals surface area contributed by atoms with Crippen LogP contribution in [-0.2, 0) is 0 Å². The minimum absolute atomic E-state index is 0.914. The molecule has 0 atom stereocenters. The van der Waals surface area contributed by atoms with Crippen molar-refractivity contribution in [3.05, 3.63) is 28.5 Å². The number of hydrogen-bond acceptors (Lipinski definition) is 2. The molecule has 0 aliphatic rings. The Balaban J connectivity index is 2.81. The highest BCUT2D eigenvalue weighted by Gasteiger charge is 2.04. The molecule has 1 nitrogen and oxygen atoms in total. The summed E-state index contributed by atoms with van der Waals surface area (Å²) in [6, 6.07) is 6.07. The lowest BCUT2D eigenvalue weighted by atomic mass is 10.2. The molecule has 1 heterocycles. The van der Waals surface area contributed by atoms with Crippen LogP contribution in [0, 0.1) is 12.3 Å². The summed E-state index contributed by atoms with van der Waals surface area (Å²) < 4.78 is 5.22. The van der Waals surface area contributed by atoms with E-state index >= 15 is 0 Å². The first-order valence-electron chi connectivity index (χ1n) is 3.76. The van der Waals surface area contributed by atoms with Gasteiger partial charge in [-0.15, -0.1) is 11.3 Å². The summed E-state index contributed by atoms with van der Waals surface area (Å²) in [5, 5.41) is 5.57. The molecule has 0 amide bonds. The summed E-state index contributed by atoms with van der Waals surface area (Å²) in [5.74, 6) is 0.914. The molecular weight excluding hydrogens is 168 g/mol. The zero-order chi connectivity index (χ0) is 8.55. The van der Waals surface area contributed by atoms with Gasteiger partial charge in [0.1, 0.15) is 5.75 Å². The van der Waals surface area contributed by atoms with Crippen LogP contribution in [0.15, 0.2) is 18.2 Å². The number of fused-ring (bicyclic) bond motifs is 1. The van der Waals surface area contributed by atoms with Gasteiger partial charge in [0.2, 0.25) is 0 Å². The van der Waals surface area contributed by atoms with E-state index in [9.17, 15) is 0 Å². The van der Waals surface area contributed by atoms with Crippen molar-refractivity contribution in [2.75, 3.05) is 7.11 Å². The van der Waals surface area contributed by atoms with Crippen molar-refractivity contribution in [2.24, 2.45) is 0 Å². The van der Waals surface area contributed by atoms with Crippen LogP contribution in [0.25, 0.3) is 10.8 Å². The van der Waals surface area contributed by atoms with Crippen LogP contribution in [0.3, 0.4) is 0 Å². The molecule has 0 N–H and O–H groups in total. The lowest BCUT2D eigenvalue weighted by Crippen LogP contribution is -1.81. The molecule has 1 radical (unpaired) electrons. The molecule has 0 bridgehead atoms.